The van der Waals surface area contributed by atoms with Crippen LogP contribution in [0.25, 0.3) is 0 Å². The normalized spacial score (nSPS) is 11.1. The highest BCUT2D eigenvalue weighted by Gasteiger charge is 2.49. The van der Waals surface area contributed by atoms with Gasteiger partial charge in [0, 0.05) is 12.4 Å². The number of methoxy groups -OCH3 is 1. The summed E-state index contributed by atoms with van der Waals surface area (Å²) in [7, 11) is 1.20. The largest absolute Gasteiger partial charge is 0.467 e. The number of alkyl carbamates (subject to hydrolysis) is 1. The van der Waals surface area contributed by atoms with Crippen LogP contribution in [0.3, 0.4) is 0 Å². The van der Waals surface area contributed by atoms with Gasteiger partial charge in [0.05, 0.1) is 18.5 Å². The van der Waals surface area contributed by atoms with Crippen molar-refractivity contribution in [3.63, 3.8) is 0 Å². The van der Waals surface area contributed by atoms with Gasteiger partial charge >= 0.3 is 12.1 Å². The molecule has 0 aliphatic rings. The molecule has 0 bridgehead atoms. The van der Waals surface area contributed by atoms with E-state index < -0.39 is 41.5 Å². The summed E-state index contributed by atoms with van der Waals surface area (Å²) in [6.07, 6.45) is 2.09. The van der Waals surface area contributed by atoms with Crippen molar-refractivity contribution in [2.24, 2.45) is 0 Å². The zero-order valence-corrected chi connectivity index (χ0v) is 21.3. The Labute approximate surface area is 220 Å². The molecule has 3 N–H and O–H groups in total. The van der Waals surface area contributed by atoms with E-state index in [2.05, 4.69) is 25.9 Å². The second-order valence-corrected chi connectivity index (χ2v) is 8.71. The number of pyridine rings is 2. The highest BCUT2D eigenvalue weighted by molar-refractivity contribution is 5.98. The smallest absolute Gasteiger partial charge is 0.407 e. The molecule has 3 aromatic rings. The molecule has 0 unspecified atom stereocenters. The van der Waals surface area contributed by atoms with Gasteiger partial charge in [-0.2, -0.15) is 0 Å². The molecule has 0 atom stereocenters. The molecule has 198 valence electrons. The molecule has 0 spiro atoms. The maximum atomic E-state index is 13.9. The minimum atomic E-state index is -1.96. The molecular formula is C27H29N5O6. The van der Waals surface area contributed by atoms with E-state index in [9.17, 15) is 19.2 Å². The number of carbonyl (C=O) groups is 4. The third-order valence-electron chi connectivity index (χ3n) is 5.49. The highest BCUT2D eigenvalue weighted by Crippen LogP contribution is 2.28. The fourth-order valence-electron chi connectivity index (χ4n) is 3.58. The van der Waals surface area contributed by atoms with Gasteiger partial charge in [-0.15, -0.1) is 0 Å². The van der Waals surface area contributed by atoms with E-state index in [-0.39, 0.29) is 18.0 Å². The number of ether oxygens (including phenoxy) is 2. The molecule has 0 saturated heterocycles. The first-order chi connectivity index (χ1) is 18.2. The maximum absolute atomic E-state index is 13.9. The van der Waals surface area contributed by atoms with Crippen molar-refractivity contribution >= 4 is 23.9 Å². The lowest BCUT2D eigenvalue weighted by molar-refractivity contribution is -0.150. The van der Waals surface area contributed by atoms with Gasteiger partial charge in [-0.05, 0) is 43.7 Å². The Kier molecular flexibility index (Phi) is 9.09. The van der Waals surface area contributed by atoms with Crippen LogP contribution in [0.4, 0.5) is 4.79 Å². The molecule has 0 saturated carbocycles. The number of hydrogen-bond acceptors (Lipinski definition) is 8. The number of esters is 1. The molecule has 3 rings (SSSR count). The summed E-state index contributed by atoms with van der Waals surface area (Å²) in [6, 6.07) is 18.7. The molecule has 0 aliphatic heterocycles. The Hall–Kier alpha value is -4.80. The van der Waals surface area contributed by atoms with Gasteiger partial charge in [-0.25, -0.2) is 9.59 Å². The van der Waals surface area contributed by atoms with Gasteiger partial charge in [0.2, 0.25) is 11.4 Å². The van der Waals surface area contributed by atoms with E-state index in [4.69, 9.17) is 9.47 Å². The molecule has 0 radical (unpaired) electrons. The van der Waals surface area contributed by atoms with Crippen LogP contribution >= 0.6 is 0 Å². The van der Waals surface area contributed by atoms with Crippen molar-refractivity contribution in [1.82, 2.24) is 25.9 Å². The Morgan fingerprint density at radius 2 is 1.39 bits per heavy atom. The summed E-state index contributed by atoms with van der Waals surface area (Å²) in [6.45, 7) is 2.43. The average molecular weight is 520 g/mol. The van der Waals surface area contributed by atoms with E-state index in [1.54, 1.807) is 48.5 Å². The van der Waals surface area contributed by atoms with Gasteiger partial charge in [-0.3, -0.25) is 19.6 Å². The maximum Gasteiger partial charge on any atom is 0.407 e. The SMILES string of the molecule is COC(=O)C(C)(C)NC(=O)C(NC(=O)CNC(=O)OCc1ccccc1)(c1ccccn1)c1ccccn1. The highest BCUT2D eigenvalue weighted by atomic mass is 16.5. The minimum absolute atomic E-state index is 0.0190. The van der Waals surface area contributed by atoms with Crippen molar-refractivity contribution in [3.05, 3.63) is 96.1 Å². The van der Waals surface area contributed by atoms with Crippen LogP contribution < -0.4 is 16.0 Å². The van der Waals surface area contributed by atoms with Crippen molar-refractivity contribution in [2.75, 3.05) is 13.7 Å². The number of nitrogens with one attached hydrogen (secondary N) is 3. The number of benzene rings is 1. The molecule has 11 nitrogen and oxygen atoms in total. The molecule has 1 aromatic carbocycles. The predicted molar refractivity (Wildman–Crippen MR) is 136 cm³/mol. The summed E-state index contributed by atoms with van der Waals surface area (Å²) in [4.78, 5) is 60.2. The Morgan fingerprint density at radius 3 is 1.92 bits per heavy atom. The van der Waals surface area contributed by atoms with Crippen LogP contribution in [0.5, 0.6) is 0 Å². The zero-order valence-electron chi connectivity index (χ0n) is 21.3. The van der Waals surface area contributed by atoms with Gasteiger partial charge in [0.15, 0.2) is 0 Å². The Bertz CT molecular complexity index is 1210. The number of carbonyl (C=O) groups excluding carboxylic acids is 4. The van der Waals surface area contributed by atoms with E-state index in [1.807, 2.05) is 18.2 Å². The Balaban J connectivity index is 1.88. The van der Waals surface area contributed by atoms with Gasteiger partial charge in [-0.1, -0.05) is 42.5 Å². The van der Waals surface area contributed by atoms with Crippen molar-refractivity contribution in [3.8, 4) is 0 Å². The van der Waals surface area contributed by atoms with E-state index in [0.717, 1.165) is 5.56 Å². The van der Waals surface area contributed by atoms with E-state index >= 15 is 0 Å². The second kappa shape index (κ2) is 12.4. The van der Waals surface area contributed by atoms with Crippen molar-refractivity contribution in [2.45, 2.75) is 31.5 Å². The molecular weight excluding hydrogens is 490 g/mol. The third kappa shape index (κ3) is 6.69. The molecule has 2 heterocycles. The zero-order chi connectivity index (χ0) is 27.6. The minimum Gasteiger partial charge on any atom is -0.467 e. The molecule has 0 fully saturated rings. The van der Waals surface area contributed by atoms with E-state index in [0.29, 0.717) is 0 Å². The quantitative estimate of drug-likeness (QED) is 0.344. The molecule has 11 heteroatoms. The van der Waals surface area contributed by atoms with Crippen LogP contribution in [0, 0.1) is 0 Å². The lowest BCUT2D eigenvalue weighted by Gasteiger charge is -2.35. The third-order valence-corrected chi connectivity index (χ3v) is 5.49. The van der Waals surface area contributed by atoms with Crippen molar-refractivity contribution in [1.29, 1.82) is 0 Å². The van der Waals surface area contributed by atoms with Gasteiger partial charge in [0.1, 0.15) is 18.7 Å². The number of nitrogens with zero attached hydrogens (tertiary/aromatic N) is 2. The lowest BCUT2D eigenvalue weighted by atomic mass is 9.87. The fourth-order valence-corrected chi connectivity index (χ4v) is 3.58. The lowest BCUT2D eigenvalue weighted by Crippen LogP contribution is -2.63. The molecule has 0 aliphatic carbocycles. The van der Waals surface area contributed by atoms with Crippen LogP contribution in [-0.4, -0.2) is 53.0 Å². The summed E-state index contributed by atoms with van der Waals surface area (Å²) in [5.41, 5.74) is -2.36. The number of rotatable bonds is 10. The summed E-state index contributed by atoms with van der Waals surface area (Å²) in [5.74, 6) is -2.22. The fraction of sp³-hybridized carbons (Fsp3) is 0.259. The summed E-state index contributed by atoms with van der Waals surface area (Å²) in [5, 5.41) is 7.68. The van der Waals surface area contributed by atoms with Crippen molar-refractivity contribution < 1.29 is 28.7 Å². The molecule has 2 aromatic heterocycles. The van der Waals surface area contributed by atoms with Crippen LogP contribution in [0.2, 0.25) is 0 Å². The average Bonchev–Trinajstić information content (AvgIpc) is 2.94. The molecule has 38 heavy (non-hydrogen) atoms. The summed E-state index contributed by atoms with van der Waals surface area (Å²) < 4.78 is 9.95. The Morgan fingerprint density at radius 1 is 0.816 bits per heavy atom. The number of aromatic nitrogens is 2. The van der Waals surface area contributed by atoms with E-state index in [1.165, 1.54) is 33.4 Å². The van der Waals surface area contributed by atoms with Gasteiger partial charge in [0.25, 0.3) is 5.91 Å². The van der Waals surface area contributed by atoms with Crippen LogP contribution in [0.1, 0.15) is 30.8 Å². The topological polar surface area (TPSA) is 149 Å². The first-order valence-corrected chi connectivity index (χ1v) is 11.7. The predicted octanol–water partition coefficient (Wildman–Crippen LogP) is 1.83. The van der Waals surface area contributed by atoms with Crippen LogP contribution in [-0.2, 0) is 36.0 Å². The monoisotopic (exact) mass is 519 g/mol. The number of hydrogen-bond donors (Lipinski definition) is 3. The first-order valence-electron chi connectivity index (χ1n) is 11.7. The molecule has 3 amide bonds. The first kappa shape index (κ1) is 27.8. The van der Waals surface area contributed by atoms with Crippen LogP contribution in [0.15, 0.2) is 79.1 Å². The van der Waals surface area contributed by atoms with Gasteiger partial charge < -0.3 is 25.4 Å². The standard InChI is InChI=1S/C27H29N5O6/c1-26(2,24(35)37-3)32-23(34)27(20-13-7-9-15-28-20,21-14-8-10-16-29-21)31-22(33)17-30-25(36)38-18-19-11-5-4-6-12-19/h4-16H,17-18H2,1-3H3,(H,30,36)(H,31,33)(H,32,34). The second-order valence-electron chi connectivity index (χ2n) is 8.71. The summed E-state index contributed by atoms with van der Waals surface area (Å²) >= 11 is 0. The number of amides is 3.